The molecule has 0 fully saturated rings. The van der Waals surface area contributed by atoms with Gasteiger partial charge in [0.15, 0.2) is 0 Å². The van der Waals surface area contributed by atoms with Crippen LogP contribution in [0.3, 0.4) is 0 Å². The monoisotopic (exact) mass is 358 g/mol. The van der Waals surface area contributed by atoms with Crippen LogP contribution in [0, 0.1) is 5.82 Å². The molecule has 0 bridgehead atoms. The van der Waals surface area contributed by atoms with Gasteiger partial charge in [-0.2, -0.15) is 0 Å². The van der Waals surface area contributed by atoms with Gasteiger partial charge in [0, 0.05) is 18.1 Å². The van der Waals surface area contributed by atoms with Crippen LogP contribution in [-0.4, -0.2) is 24.0 Å². The lowest BCUT2D eigenvalue weighted by atomic mass is 10.2. The first-order valence-corrected chi connectivity index (χ1v) is 8.23. The quantitative estimate of drug-likeness (QED) is 0.671. The van der Waals surface area contributed by atoms with Crippen molar-refractivity contribution in [2.75, 3.05) is 13.2 Å². The molecule has 0 unspecified atom stereocenters. The minimum absolute atomic E-state index is 0.0931. The van der Waals surface area contributed by atoms with Gasteiger partial charge in [-0.25, -0.2) is 4.39 Å². The predicted molar refractivity (Wildman–Crippen MR) is 95.6 cm³/mol. The first-order chi connectivity index (χ1) is 12.1. The summed E-state index contributed by atoms with van der Waals surface area (Å²) in [5, 5.41) is 3.85. The molecular formula is C19H16ClFN2O2. The molecule has 1 N–H and O–H groups in total. The molecule has 0 aliphatic heterocycles. The standard InChI is InChI=1S/C19H16ClFN2O2/c20-16-12-14(21)7-8-15(16)19(24)23-10-3-11-25-17-6-1-4-13-5-2-9-22-18(13)17/h1-2,4-9,12H,3,10-11H2,(H,23,24). The normalized spacial score (nSPS) is 10.6. The summed E-state index contributed by atoms with van der Waals surface area (Å²) in [7, 11) is 0. The first-order valence-electron chi connectivity index (χ1n) is 7.85. The Hall–Kier alpha value is -2.66. The average molecular weight is 359 g/mol. The second-order valence-electron chi connectivity index (χ2n) is 5.41. The van der Waals surface area contributed by atoms with E-state index in [1.165, 1.54) is 12.1 Å². The Balaban J connectivity index is 1.49. The lowest BCUT2D eigenvalue weighted by Crippen LogP contribution is -2.25. The molecule has 0 radical (unpaired) electrons. The fraction of sp³-hybridized carbons (Fsp3) is 0.158. The summed E-state index contributed by atoms with van der Waals surface area (Å²) in [6.07, 6.45) is 2.34. The van der Waals surface area contributed by atoms with E-state index in [2.05, 4.69) is 10.3 Å². The molecule has 3 aromatic rings. The Morgan fingerprint density at radius 2 is 2.04 bits per heavy atom. The van der Waals surface area contributed by atoms with Crippen LogP contribution in [0.25, 0.3) is 10.9 Å². The zero-order valence-corrected chi connectivity index (χ0v) is 14.1. The number of nitrogens with zero attached hydrogens (tertiary/aromatic N) is 1. The molecule has 1 aromatic heterocycles. The smallest absolute Gasteiger partial charge is 0.252 e. The van der Waals surface area contributed by atoms with Gasteiger partial charge in [-0.1, -0.05) is 29.8 Å². The van der Waals surface area contributed by atoms with Crippen molar-refractivity contribution in [2.45, 2.75) is 6.42 Å². The number of fused-ring (bicyclic) bond motifs is 1. The molecule has 0 aliphatic carbocycles. The molecule has 0 atom stereocenters. The third-order valence-electron chi connectivity index (χ3n) is 3.64. The molecule has 25 heavy (non-hydrogen) atoms. The van der Waals surface area contributed by atoms with E-state index in [4.69, 9.17) is 16.3 Å². The Morgan fingerprint density at radius 1 is 1.20 bits per heavy atom. The van der Waals surface area contributed by atoms with E-state index >= 15 is 0 Å². The van der Waals surface area contributed by atoms with Gasteiger partial charge in [0.1, 0.15) is 17.1 Å². The molecule has 0 saturated heterocycles. The van der Waals surface area contributed by atoms with Crippen molar-refractivity contribution in [3.63, 3.8) is 0 Å². The molecule has 0 saturated carbocycles. The van der Waals surface area contributed by atoms with Crippen LogP contribution in [0.4, 0.5) is 4.39 Å². The third kappa shape index (κ3) is 4.25. The minimum Gasteiger partial charge on any atom is -0.491 e. The zero-order valence-electron chi connectivity index (χ0n) is 13.3. The highest BCUT2D eigenvalue weighted by atomic mass is 35.5. The van der Waals surface area contributed by atoms with Gasteiger partial charge in [-0.05, 0) is 36.8 Å². The number of halogens is 2. The molecule has 2 aromatic carbocycles. The number of aromatic nitrogens is 1. The highest BCUT2D eigenvalue weighted by molar-refractivity contribution is 6.33. The van der Waals surface area contributed by atoms with Crippen LogP contribution in [0.1, 0.15) is 16.8 Å². The summed E-state index contributed by atoms with van der Waals surface area (Å²) >= 11 is 5.87. The lowest BCUT2D eigenvalue weighted by molar-refractivity contribution is 0.0951. The fourth-order valence-corrected chi connectivity index (χ4v) is 2.67. The van der Waals surface area contributed by atoms with Crippen molar-refractivity contribution in [1.82, 2.24) is 10.3 Å². The second-order valence-corrected chi connectivity index (χ2v) is 5.82. The van der Waals surface area contributed by atoms with Gasteiger partial charge >= 0.3 is 0 Å². The summed E-state index contributed by atoms with van der Waals surface area (Å²) in [4.78, 5) is 16.3. The van der Waals surface area contributed by atoms with Gasteiger partial charge in [-0.15, -0.1) is 0 Å². The number of ether oxygens (including phenoxy) is 1. The number of amides is 1. The maximum atomic E-state index is 13.0. The fourth-order valence-electron chi connectivity index (χ4n) is 2.42. The number of pyridine rings is 1. The van der Waals surface area contributed by atoms with Crippen molar-refractivity contribution in [3.05, 3.63) is 71.1 Å². The summed E-state index contributed by atoms with van der Waals surface area (Å²) < 4.78 is 18.8. The van der Waals surface area contributed by atoms with Crippen LogP contribution >= 0.6 is 11.6 Å². The number of nitrogens with one attached hydrogen (secondary N) is 1. The first kappa shape index (κ1) is 17.2. The largest absolute Gasteiger partial charge is 0.491 e. The molecule has 3 rings (SSSR count). The van der Waals surface area contributed by atoms with Crippen LogP contribution < -0.4 is 10.1 Å². The van der Waals surface area contributed by atoms with Gasteiger partial charge in [0.25, 0.3) is 5.91 Å². The van der Waals surface area contributed by atoms with Gasteiger partial charge in [0.2, 0.25) is 0 Å². The van der Waals surface area contributed by atoms with E-state index in [9.17, 15) is 9.18 Å². The Morgan fingerprint density at radius 3 is 2.88 bits per heavy atom. The van der Waals surface area contributed by atoms with Crippen LogP contribution in [-0.2, 0) is 0 Å². The van der Waals surface area contributed by atoms with E-state index in [0.29, 0.717) is 25.3 Å². The van der Waals surface area contributed by atoms with E-state index in [1.807, 2.05) is 30.3 Å². The van der Waals surface area contributed by atoms with Crippen LogP contribution in [0.5, 0.6) is 5.75 Å². The van der Waals surface area contributed by atoms with E-state index in [0.717, 1.165) is 17.0 Å². The molecular weight excluding hydrogens is 343 g/mol. The number of benzene rings is 2. The van der Waals surface area contributed by atoms with Crippen molar-refractivity contribution in [3.8, 4) is 5.75 Å². The van der Waals surface area contributed by atoms with E-state index in [-0.39, 0.29) is 16.5 Å². The zero-order chi connectivity index (χ0) is 17.6. The molecule has 6 heteroatoms. The third-order valence-corrected chi connectivity index (χ3v) is 3.95. The Bertz CT molecular complexity index is 896. The highest BCUT2D eigenvalue weighted by Gasteiger charge is 2.10. The maximum Gasteiger partial charge on any atom is 0.252 e. The van der Waals surface area contributed by atoms with Crippen molar-refractivity contribution in [1.29, 1.82) is 0 Å². The van der Waals surface area contributed by atoms with Gasteiger partial charge in [-0.3, -0.25) is 9.78 Å². The van der Waals surface area contributed by atoms with Crippen LogP contribution in [0.15, 0.2) is 54.7 Å². The molecule has 1 heterocycles. The Kier molecular flexibility index (Phi) is 5.46. The average Bonchev–Trinajstić information content (AvgIpc) is 2.61. The predicted octanol–water partition coefficient (Wildman–Crippen LogP) is 4.23. The van der Waals surface area contributed by atoms with E-state index < -0.39 is 5.82 Å². The number of carbonyl (C=O) groups excluding carboxylic acids is 1. The van der Waals surface area contributed by atoms with Gasteiger partial charge < -0.3 is 10.1 Å². The number of para-hydroxylation sites is 1. The number of carbonyl (C=O) groups is 1. The summed E-state index contributed by atoms with van der Waals surface area (Å²) in [6.45, 7) is 0.859. The van der Waals surface area contributed by atoms with Crippen molar-refractivity contribution >= 4 is 28.4 Å². The SMILES string of the molecule is O=C(NCCCOc1cccc2cccnc12)c1ccc(F)cc1Cl. The summed E-state index contributed by atoms with van der Waals surface area (Å²) in [5.41, 5.74) is 1.06. The minimum atomic E-state index is -0.473. The lowest BCUT2D eigenvalue weighted by Gasteiger charge is -2.09. The molecule has 1 amide bonds. The topological polar surface area (TPSA) is 51.2 Å². The van der Waals surface area contributed by atoms with E-state index in [1.54, 1.807) is 6.20 Å². The number of rotatable bonds is 6. The molecule has 128 valence electrons. The Labute approximate surface area is 149 Å². The number of hydrogen-bond acceptors (Lipinski definition) is 3. The van der Waals surface area contributed by atoms with Gasteiger partial charge in [0.05, 0.1) is 17.2 Å². The van der Waals surface area contributed by atoms with Crippen molar-refractivity contribution in [2.24, 2.45) is 0 Å². The van der Waals surface area contributed by atoms with Crippen LogP contribution in [0.2, 0.25) is 5.02 Å². The summed E-state index contributed by atoms with van der Waals surface area (Å²) in [6, 6.07) is 13.3. The summed E-state index contributed by atoms with van der Waals surface area (Å²) in [5.74, 6) is -0.0959. The maximum absolute atomic E-state index is 13.0. The molecule has 0 aliphatic rings. The molecule has 0 spiro atoms. The van der Waals surface area contributed by atoms with Crippen molar-refractivity contribution < 1.29 is 13.9 Å². The second kappa shape index (κ2) is 7.94. The molecule has 4 nitrogen and oxygen atoms in total. The number of hydrogen-bond donors (Lipinski definition) is 1. The highest BCUT2D eigenvalue weighted by Crippen LogP contribution is 2.23.